The molecule has 0 saturated carbocycles. The summed E-state index contributed by atoms with van der Waals surface area (Å²) >= 11 is 1.32. The summed E-state index contributed by atoms with van der Waals surface area (Å²) in [7, 11) is 0. The van der Waals surface area contributed by atoms with Crippen molar-refractivity contribution in [1.29, 1.82) is 0 Å². The molecule has 6 heteroatoms. The van der Waals surface area contributed by atoms with Crippen molar-refractivity contribution in [2.24, 2.45) is 0 Å². The minimum Gasteiger partial charge on any atom is -0.382 e. The van der Waals surface area contributed by atoms with Crippen molar-refractivity contribution < 1.29 is 4.79 Å². The van der Waals surface area contributed by atoms with E-state index in [1.807, 2.05) is 6.92 Å². The molecular weight excluding hydrogens is 272 g/mol. The first kappa shape index (κ1) is 16.8. The first-order valence-electron chi connectivity index (χ1n) is 7.39. The van der Waals surface area contributed by atoms with Crippen molar-refractivity contribution in [2.75, 3.05) is 17.6 Å². The molecule has 0 aliphatic heterocycles. The molecule has 20 heavy (non-hydrogen) atoms. The average molecular weight is 298 g/mol. The summed E-state index contributed by atoms with van der Waals surface area (Å²) < 4.78 is 0. The molecule has 114 valence electrons. The highest BCUT2D eigenvalue weighted by Crippen LogP contribution is 2.25. The topological polar surface area (TPSA) is 80.0 Å². The number of aromatic nitrogens is 1. The molecule has 0 aliphatic rings. The van der Waals surface area contributed by atoms with E-state index in [1.54, 1.807) is 0 Å². The van der Waals surface area contributed by atoms with Gasteiger partial charge in [0.25, 0.3) is 5.91 Å². The number of anilines is 2. The summed E-state index contributed by atoms with van der Waals surface area (Å²) in [5.74, 6) is 0.195. The molecule has 1 aromatic rings. The standard InChI is InChI=1S/C14H26N4OS/c1-4-6-7-8-10(3)17-13(19)11-12(15)18-14(20-11)16-9-5-2/h10H,4-9,15H2,1-3H3,(H,16,18)(H,17,19). The number of carbonyl (C=O) groups excluding carboxylic acids is 1. The van der Waals surface area contributed by atoms with Crippen molar-refractivity contribution in [3.8, 4) is 0 Å². The van der Waals surface area contributed by atoms with Crippen LogP contribution in [0.5, 0.6) is 0 Å². The third-order valence-electron chi connectivity index (χ3n) is 3.00. The van der Waals surface area contributed by atoms with Crippen LogP contribution in [0.3, 0.4) is 0 Å². The number of nitrogens with one attached hydrogen (secondary N) is 2. The van der Waals surface area contributed by atoms with Gasteiger partial charge < -0.3 is 16.4 Å². The molecule has 1 amide bonds. The normalized spacial score (nSPS) is 12.2. The lowest BCUT2D eigenvalue weighted by Crippen LogP contribution is -2.32. The number of rotatable bonds is 9. The Hall–Kier alpha value is -1.30. The van der Waals surface area contributed by atoms with E-state index in [4.69, 9.17) is 5.73 Å². The molecule has 5 nitrogen and oxygen atoms in total. The second kappa shape index (κ2) is 8.79. The summed E-state index contributed by atoms with van der Waals surface area (Å²) in [4.78, 5) is 16.8. The fourth-order valence-electron chi connectivity index (χ4n) is 1.86. The van der Waals surface area contributed by atoms with Crippen molar-refractivity contribution in [3.63, 3.8) is 0 Å². The highest BCUT2D eigenvalue weighted by molar-refractivity contribution is 7.18. The predicted octanol–water partition coefficient (Wildman–Crippen LogP) is 3.25. The van der Waals surface area contributed by atoms with E-state index in [1.165, 1.54) is 24.2 Å². The van der Waals surface area contributed by atoms with Gasteiger partial charge in [0, 0.05) is 12.6 Å². The summed E-state index contributed by atoms with van der Waals surface area (Å²) in [6, 6.07) is 0.169. The van der Waals surface area contributed by atoms with Crippen LogP contribution < -0.4 is 16.4 Å². The quantitative estimate of drug-likeness (QED) is 0.611. The maximum Gasteiger partial charge on any atom is 0.265 e. The van der Waals surface area contributed by atoms with Crippen LogP contribution in [0.25, 0.3) is 0 Å². The number of nitrogens with zero attached hydrogens (tertiary/aromatic N) is 1. The largest absolute Gasteiger partial charge is 0.382 e. The van der Waals surface area contributed by atoms with Crippen LogP contribution in [0.15, 0.2) is 0 Å². The Morgan fingerprint density at radius 2 is 2.10 bits per heavy atom. The second-order valence-corrected chi connectivity index (χ2v) is 6.03. The van der Waals surface area contributed by atoms with Crippen LogP contribution >= 0.6 is 11.3 Å². The molecule has 0 radical (unpaired) electrons. The fourth-order valence-corrected chi connectivity index (χ4v) is 2.68. The first-order valence-corrected chi connectivity index (χ1v) is 8.21. The number of nitrogen functional groups attached to an aromatic ring is 1. The Bertz CT molecular complexity index is 419. The molecule has 0 aromatic carbocycles. The lowest BCUT2D eigenvalue weighted by molar-refractivity contribution is 0.0942. The Kier molecular flexibility index (Phi) is 7.36. The van der Waals surface area contributed by atoms with E-state index >= 15 is 0 Å². The third kappa shape index (κ3) is 5.36. The van der Waals surface area contributed by atoms with E-state index in [-0.39, 0.29) is 11.9 Å². The lowest BCUT2D eigenvalue weighted by atomic mass is 10.1. The van der Waals surface area contributed by atoms with Crippen molar-refractivity contribution in [1.82, 2.24) is 10.3 Å². The van der Waals surface area contributed by atoms with Crippen LogP contribution in [0.4, 0.5) is 10.9 Å². The lowest BCUT2D eigenvalue weighted by Gasteiger charge is -2.12. The van der Waals surface area contributed by atoms with E-state index in [0.29, 0.717) is 15.8 Å². The smallest absolute Gasteiger partial charge is 0.265 e. The maximum absolute atomic E-state index is 12.1. The van der Waals surface area contributed by atoms with Gasteiger partial charge in [-0.1, -0.05) is 44.4 Å². The summed E-state index contributed by atoms with van der Waals surface area (Å²) in [6.07, 6.45) is 5.54. The van der Waals surface area contributed by atoms with Gasteiger partial charge in [0.05, 0.1) is 0 Å². The van der Waals surface area contributed by atoms with E-state index in [9.17, 15) is 4.79 Å². The zero-order valence-corrected chi connectivity index (χ0v) is 13.5. The van der Waals surface area contributed by atoms with Gasteiger partial charge in [-0.25, -0.2) is 4.98 Å². The highest BCUT2D eigenvalue weighted by Gasteiger charge is 2.17. The molecule has 4 N–H and O–H groups in total. The molecule has 0 spiro atoms. The van der Waals surface area contributed by atoms with Gasteiger partial charge in [-0.2, -0.15) is 0 Å². The Balaban J connectivity index is 2.51. The van der Waals surface area contributed by atoms with Gasteiger partial charge in [0.1, 0.15) is 10.7 Å². The van der Waals surface area contributed by atoms with Gasteiger partial charge in [0.15, 0.2) is 5.13 Å². The molecule has 1 unspecified atom stereocenters. The SMILES string of the molecule is CCCCCC(C)NC(=O)c1sc(NCCC)nc1N. The molecule has 1 atom stereocenters. The Labute approximate surface area is 125 Å². The molecule has 1 aromatic heterocycles. The summed E-state index contributed by atoms with van der Waals surface area (Å²) in [5, 5.41) is 6.86. The van der Waals surface area contributed by atoms with Crippen LogP contribution in [0.1, 0.15) is 62.5 Å². The molecule has 0 aliphatic carbocycles. The number of carbonyl (C=O) groups is 1. The molecule has 1 rings (SSSR count). The van der Waals surface area contributed by atoms with Crippen molar-refractivity contribution in [2.45, 2.75) is 58.9 Å². The number of amides is 1. The second-order valence-electron chi connectivity index (χ2n) is 5.03. The number of hydrogen-bond acceptors (Lipinski definition) is 5. The molecule has 0 saturated heterocycles. The number of thiazole rings is 1. The summed E-state index contributed by atoms with van der Waals surface area (Å²) in [5.41, 5.74) is 5.81. The van der Waals surface area contributed by atoms with Crippen LogP contribution in [0.2, 0.25) is 0 Å². The zero-order valence-electron chi connectivity index (χ0n) is 12.7. The van der Waals surface area contributed by atoms with Crippen LogP contribution in [-0.4, -0.2) is 23.5 Å². The molecule has 0 fully saturated rings. The molecule has 0 bridgehead atoms. The van der Waals surface area contributed by atoms with Crippen molar-refractivity contribution >= 4 is 28.2 Å². The van der Waals surface area contributed by atoms with Crippen molar-refractivity contribution in [3.05, 3.63) is 4.88 Å². The first-order chi connectivity index (χ1) is 9.58. The average Bonchev–Trinajstić information content (AvgIpc) is 2.78. The van der Waals surface area contributed by atoms with Gasteiger partial charge >= 0.3 is 0 Å². The van der Waals surface area contributed by atoms with E-state index < -0.39 is 0 Å². The third-order valence-corrected chi connectivity index (χ3v) is 4.03. The van der Waals surface area contributed by atoms with Gasteiger partial charge in [0.2, 0.25) is 0 Å². The number of unbranched alkanes of at least 4 members (excludes halogenated alkanes) is 2. The predicted molar refractivity (Wildman–Crippen MR) is 86.4 cm³/mol. The van der Waals surface area contributed by atoms with Gasteiger partial charge in [-0.15, -0.1) is 0 Å². The van der Waals surface area contributed by atoms with Crippen LogP contribution in [-0.2, 0) is 0 Å². The minimum atomic E-state index is -0.117. The van der Waals surface area contributed by atoms with Gasteiger partial charge in [-0.05, 0) is 19.8 Å². The highest BCUT2D eigenvalue weighted by atomic mass is 32.1. The Morgan fingerprint density at radius 1 is 1.35 bits per heavy atom. The maximum atomic E-state index is 12.1. The Morgan fingerprint density at radius 3 is 2.75 bits per heavy atom. The molecular formula is C14H26N4OS. The molecule has 1 heterocycles. The number of hydrogen-bond donors (Lipinski definition) is 3. The fraction of sp³-hybridized carbons (Fsp3) is 0.714. The van der Waals surface area contributed by atoms with Gasteiger partial charge in [-0.3, -0.25) is 4.79 Å². The summed E-state index contributed by atoms with van der Waals surface area (Å²) in [6.45, 7) is 7.12. The van der Waals surface area contributed by atoms with Crippen LogP contribution in [0, 0.1) is 0 Å². The van der Waals surface area contributed by atoms with E-state index in [2.05, 4.69) is 29.5 Å². The minimum absolute atomic E-state index is 0.117. The monoisotopic (exact) mass is 298 g/mol. The van der Waals surface area contributed by atoms with E-state index in [0.717, 1.165) is 25.8 Å². The number of nitrogens with two attached hydrogens (primary N) is 1. The zero-order chi connectivity index (χ0) is 15.0.